The van der Waals surface area contributed by atoms with Crippen LogP contribution in [0.2, 0.25) is 5.15 Å². The summed E-state index contributed by atoms with van der Waals surface area (Å²) in [6, 6.07) is 7.92. The fourth-order valence-electron chi connectivity index (χ4n) is 0.943. The average Bonchev–Trinajstić information content (AvgIpc) is 2.56. The van der Waals surface area contributed by atoms with Crippen molar-refractivity contribution in [3.63, 3.8) is 0 Å². The normalized spacial score (nSPS) is 10.1. The van der Waals surface area contributed by atoms with Crippen LogP contribution in [-0.4, -0.2) is 8.75 Å². The van der Waals surface area contributed by atoms with Gasteiger partial charge >= 0.3 is 0 Å². The fraction of sp³-hybridized carbons (Fsp3) is 0. The maximum atomic E-state index is 5.81. The largest absolute Gasteiger partial charge is 0.336 e. The molecule has 1 aromatic heterocycles. The Morgan fingerprint density at radius 2 is 2.07 bits per heavy atom. The van der Waals surface area contributed by atoms with Crippen LogP contribution in [-0.2, 0) is 0 Å². The molecule has 0 aliphatic heterocycles. The number of rotatable bonds is 2. The number of nitrogens with one attached hydrogen (secondary N) is 1. The zero-order valence-electron chi connectivity index (χ0n) is 6.87. The lowest BCUT2D eigenvalue weighted by molar-refractivity contribution is 1.44. The Balaban J connectivity index is 2.28. The summed E-state index contributed by atoms with van der Waals surface area (Å²) < 4.78 is 9.03. The predicted octanol–water partition coefficient (Wildman–Crippen LogP) is 3.54. The quantitative estimate of drug-likeness (QED) is 0.852. The van der Waals surface area contributed by atoms with Crippen LogP contribution in [0.5, 0.6) is 0 Å². The number of benzene rings is 1. The van der Waals surface area contributed by atoms with E-state index >= 15 is 0 Å². The van der Waals surface area contributed by atoms with Gasteiger partial charge in [-0.3, -0.25) is 0 Å². The first-order valence-electron chi connectivity index (χ1n) is 3.77. The van der Waals surface area contributed by atoms with Gasteiger partial charge in [-0.05, 0) is 34.7 Å². The SMILES string of the molecule is Clc1nsnc1Nc1ccccc1I. The van der Waals surface area contributed by atoms with Gasteiger partial charge in [0.25, 0.3) is 0 Å². The van der Waals surface area contributed by atoms with Crippen molar-refractivity contribution in [1.29, 1.82) is 0 Å². The molecule has 0 radical (unpaired) electrons. The van der Waals surface area contributed by atoms with Gasteiger partial charge in [0.05, 0.1) is 17.4 Å². The molecule has 0 amide bonds. The van der Waals surface area contributed by atoms with Gasteiger partial charge < -0.3 is 5.32 Å². The summed E-state index contributed by atoms with van der Waals surface area (Å²) >= 11 is 9.15. The minimum atomic E-state index is 0.412. The van der Waals surface area contributed by atoms with Crippen LogP contribution < -0.4 is 5.32 Å². The van der Waals surface area contributed by atoms with Crippen molar-refractivity contribution in [2.45, 2.75) is 0 Å². The summed E-state index contributed by atoms with van der Waals surface area (Å²) in [5.74, 6) is 0.612. The van der Waals surface area contributed by atoms with Gasteiger partial charge in [-0.1, -0.05) is 23.7 Å². The topological polar surface area (TPSA) is 37.8 Å². The molecule has 0 saturated heterocycles. The van der Waals surface area contributed by atoms with E-state index < -0.39 is 0 Å². The second kappa shape index (κ2) is 4.41. The standard InChI is InChI=1S/C8H5ClIN3S/c9-7-8(13-14-12-7)11-6-4-2-1-3-5(6)10/h1-4H,(H,11,13). The van der Waals surface area contributed by atoms with Gasteiger partial charge in [0.15, 0.2) is 11.0 Å². The lowest BCUT2D eigenvalue weighted by Gasteiger charge is -2.04. The molecule has 1 aromatic carbocycles. The highest BCUT2D eigenvalue weighted by Gasteiger charge is 2.06. The molecule has 1 N–H and O–H groups in total. The van der Waals surface area contributed by atoms with Crippen molar-refractivity contribution in [1.82, 2.24) is 8.75 Å². The molecule has 0 saturated carbocycles. The summed E-state index contributed by atoms with van der Waals surface area (Å²) in [6.07, 6.45) is 0. The summed E-state index contributed by atoms with van der Waals surface area (Å²) in [6.45, 7) is 0. The van der Waals surface area contributed by atoms with Crippen LogP contribution >= 0.6 is 45.9 Å². The molecule has 6 heteroatoms. The zero-order valence-corrected chi connectivity index (χ0v) is 10.6. The third kappa shape index (κ3) is 2.15. The number of para-hydroxylation sites is 1. The fourth-order valence-corrected chi connectivity index (χ4v) is 2.11. The molecule has 0 unspecified atom stereocenters. The Morgan fingerprint density at radius 3 is 2.71 bits per heavy atom. The van der Waals surface area contributed by atoms with Crippen LogP contribution in [0.3, 0.4) is 0 Å². The number of anilines is 2. The molecular formula is C8H5ClIN3S. The van der Waals surface area contributed by atoms with E-state index in [0.29, 0.717) is 11.0 Å². The molecule has 0 aliphatic carbocycles. The van der Waals surface area contributed by atoms with Crippen LogP contribution in [0.25, 0.3) is 0 Å². The molecule has 3 nitrogen and oxygen atoms in total. The first-order chi connectivity index (χ1) is 6.77. The predicted molar refractivity (Wildman–Crippen MR) is 67.4 cm³/mol. The van der Waals surface area contributed by atoms with Crippen LogP contribution in [0.4, 0.5) is 11.5 Å². The molecule has 0 aliphatic rings. The molecule has 2 rings (SSSR count). The van der Waals surface area contributed by atoms with Crippen LogP contribution in [0.15, 0.2) is 24.3 Å². The Hall–Kier alpha value is -0.400. The number of halogens is 2. The van der Waals surface area contributed by atoms with E-state index in [1.165, 1.54) is 0 Å². The Bertz CT molecular complexity index is 446. The van der Waals surface area contributed by atoms with Gasteiger partial charge in [0, 0.05) is 3.57 Å². The molecule has 2 aromatic rings. The Labute approximate surface area is 104 Å². The molecule has 0 fully saturated rings. The van der Waals surface area contributed by atoms with Crippen molar-refractivity contribution in [2.75, 3.05) is 5.32 Å². The van der Waals surface area contributed by atoms with Gasteiger partial charge in [0.1, 0.15) is 0 Å². The van der Waals surface area contributed by atoms with E-state index in [1.807, 2.05) is 24.3 Å². The number of hydrogen-bond acceptors (Lipinski definition) is 4. The molecule has 0 atom stereocenters. The van der Waals surface area contributed by atoms with Gasteiger partial charge in [0.2, 0.25) is 0 Å². The highest BCUT2D eigenvalue weighted by molar-refractivity contribution is 14.1. The van der Waals surface area contributed by atoms with E-state index in [-0.39, 0.29) is 0 Å². The first-order valence-corrected chi connectivity index (χ1v) is 5.95. The van der Waals surface area contributed by atoms with Gasteiger partial charge in [-0.15, -0.1) is 0 Å². The lowest BCUT2D eigenvalue weighted by atomic mass is 10.3. The minimum Gasteiger partial charge on any atom is -0.336 e. The number of hydrogen-bond donors (Lipinski definition) is 1. The van der Waals surface area contributed by atoms with Crippen molar-refractivity contribution < 1.29 is 0 Å². The monoisotopic (exact) mass is 337 g/mol. The summed E-state index contributed by atoms with van der Waals surface area (Å²) in [5, 5.41) is 3.53. The van der Waals surface area contributed by atoms with E-state index in [4.69, 9.17) is 11.6 Å². The van der Waals surface area contributed by atoms with Crippen molar-refractivity contribution in [2.24, 2.45) is 0 Å². The zero-order chi connectivity index (χ0) is 9.97. The van der Waals surface area contributed by atoms with Crippen LogP contribution in [0.1, 0.15) is 0 Å². The van der Waals surface area contributed by atoms with Crippen molar-refractivity contribution >= 4 is 57.4 Å². The second-order valence-electron chi connectivity index (χ2n) is 2.51. The number of aromatic nitrogens is 2. The Kier molecular flexibility index (Phi) is 3.19. The van der Waals surface area contributed by atoms with E-state index in [0.717, 1.165) is 21.0 Å². The first kappa shape index (κ1) is 10.1. The third-order valence-electron chi connectivity index (χ3n) is 1.58. The van der Waals surface area contributed by atoms with E-state index in [2.05, 4.69) is 36.7 Å². The van der Waals surface area contributed by atoms with E-state index in [9.17, 15) is 0 Å². The molecule has 72 valence electrons. The highest BCUT2D eigenvalue weighted by atomic mass is 127. The summed E-state index contributed by atoms with van der Waals surface area (Å²) in [7, 11) is 0. The molecule has 1 heterocycles. The summed E-state index contributed by atoms with van der Waals surface area (Å²) in [4.78, 5) is 0. The average molecular weight is 338 g/mol. The maximum Gasteiger partial charge on any atom is 0.187 e. The van der Waals surface area contributed by atoms with Crippen LogP contribution in [0, 0.1) is 3.57 Å². The smallest absolute Gasteiger partial charge is 0.187 e. The highest BCUT2D eigenvalue weighted by Crippen LogP contribution is 2.25. The maximum absolute atomic E-state index is 5.81. The minimum absolute atomic E-state index is 0.412. The Morgan fingerprint density at radius 1 is 1.29 bits per heavy atom. The lowest BCUT2D eigenvalue weighted by Crippen LogP contribution is -1.92. The molecule has 0 bridgehead atoms. The second-order valence-corrected chi connectivity index (χ2v) is 4.56. The van der Waals surface area contributed by atoms with Crippen molar-refractivity contribution in [3.05, 3.63) is 33.0 Å². The summed E-state index contributed by atoms with van der Waals surface area (Å²) in [5.41, 5.74) is 0.989. The molecular weight excluding hydrogens is 333 g/mol. The number of nitrogens with zero attached hydrogens (tertiary/aromatic N) is 2. The van der Waals surface area contributed by atoms with E-state index in [1.54, 1.807) is 0 Å². The van der Waals surface area contributed by atoms with Gasteiger partial charge in [-0.25, -0.2) is 0 Å². The third-order valence-corrected chi connectivity index (χ3v) is 3.41. The molecule has 14 heavy (non-hydrogen) atoms. The van der Waals surface area contributed by atoms with Gasteiger partial charge in [-0.2, -0.15) is 8.75 Å². The molecule has 0 spiro atoms. The van der Waals surface area contributed by atoms with Crippen molar-refractivity contribution in [3.8, 4) is 0 Å².